The Morgan fingerprint density at radius 1 is 1.16 bits per heavy atom. The molecule has 2 heterocycles. The molecule has 3 aromatic rings. The smallest absolute Gasteiger partial charge is 0.267 e. The number of carbonyl (C=O) groups is 2. The Labute approximate surface area is 199 Å². The van der Waals surface area contributed by atoms with E-state index in [0.29, 0.717) is 25.5 Å². The summed E-state index contributed by atoms with van der Waals surface area (Å²) in [6.07, 6.45) is 0. The Morgan fingerprint density at radius 2 is 1.94 bits per heavy atom. The van der Waals surface area contributed by atoms with Crippen LogP contribution in [0.1, 0.15) is 10.4 Å². The van der Waals surface area contributed by atoms with Crippen molar-refractivity contribution in [3.05, 3.63) is 69.5 Å². The average Bonchev–Trinajstić information content (AvgIpc) is 3.15. The van der Waals surface area contributed by atoms with E-state index in [2.05, 4.69) is 15.0 Å². The molecule has 1 unspecified atom stereocenters. The number of thiophene rings is 1. The minimum atomic E-state index is -1.72. The number of fused-ring (bicyclic) bond motifs is 1. The van der Waals surface area contributed by atoms with E-state index >= 15 is 0 Å². The summed E-state index contributed by atoms with van der Waals surface area (Å²) < 4.78 is 17.1. The second kappa shape index (κ2) is 9.29. The summed E-state index contributed by atoms with van der Waals surface area (Å²) in [5.41, 5.74) is 7.46. The summed E-state index contributed by atoms with van der Waals surface area (Å²) in [6, 6.07) is 14.7. The summed E-state index contributed by atoms with van der Waals surface area (Å²) >= 11 is 13.4. The third-order valence-corrected chi connectivity index (χ3v) is 7.25. The molecule has 164 valence electrons. The molecule has 0 spiro atoms. The summed E-state index contributed by atoms with van der Waals surface area (Å²) in [6.45, 7) is -0.0583. The number of rotatable bonds is 4. The monoisotopic (exact) mass is 507 g/mol. The van der Waals surface area contributed by atoms with Gasteiger partial charge in [-0.1, -0.05) is 35.3 Å². The zero-order valence-electron chi connectivity index (χ0n) is 16.2. The van der Waals surface area contributed by atoms with Gasteiger partial charge in [0, 0.05) is 11.4 Å². The second-order valence-corrected chi connectivity index (χ2v) is 10.0. The molecule has 8 nitrogen and oxygen atoms in total. The van der Waals surface area contributed by atoms with E-state index < -0.39 is 22.8 Å². The molecule has 32 heavy (non-hydrogen) atoms. The molecule has 0 radical (unpaired) electrons. The number of halogens is 2. The van der Waals surface area contributed by atoms with Gasteiger partial charge in [-0.2, -0.15) is 0 Å². The van der Waals surface area contributed by atoms with Gasteiger partial charge in [-0.15, -0.1) is 15.7 Å². The van der Waals surface area contributed by atoms with Crippen LogP contribution in [0.25, 0.3) is 0 Å². The van der Waals surface area contributed by atoms with Crippen LogP contribution in [0, 0.1) is 0 Å². The molecule has 0 aliphatic carbocycles. The van der Waals surface area contributed by atoms with E-state index in [4.69, 9.17) is 28.9 Å². The van der Waals surface area contributed by atoms with Gasteiger partial charge < -0.3 is 16.4 Å². The lowest BCUT2D eigenvalue weighted by molar-refractivity contribution is -0.116. The first-order valence-corrected chi connectivity index (χ1v) is 11.8. The zero-order chi connectivity index (χ0) is 22.8. The van der Waals surface area contributed by atoms with E-state index in [-0.39, 0.29) is 23.2 Å². The summed E-state index contributed by atoms with van der Waals surface area (Å²) in [5, 5.41) is 5.90. The van der Waals surface area contributed by atoms with Crippen LogP contribution in [0.3, 0.4) is 0 Å². The third kappa shape index (κ3) is 4.63. The van der Waals surface area contributed by atoms with Gasteiger partial charge in [-0.3, -0.25) is 9.59 Å². The van der Waals surface area contributed by atoms with E-state index in [1.54, 1.807) is 42.5 Å². The fraction of sp³-hybridized carbons (Fsp3) is 0.0500. The maximum absolute atomic E-state index is 13.0. The molecule has 2 aromatic carbocycles. The molecular weight excluding hydrogens is 493 g/mol. The molecule has 1 atom stereocenters. The minimum absolute atomic E-state index is 0.0583. The van der Waals surface area contributed by atoms with Crippen LogP contribution >= 0.6 is 34.5 Å². The SMILES string of the molecule is N/C(=N/S(=O)c1ccc(Cl)s1)Nc1ccc(N2C(=O)CNc3ccccc3C2=O)c(Cl)c1. The third-order valence-electron chi connectivity index (χ3n) is 4.40. The van der Waals surface area contributed by atoms with Gasteiger partial charge in [0.15, 0.2) is 11.0 Å². The number of nitrogens with one attached hydrogen (secondary N) is 2. The Bertz CT molecular complexity index is 1280. The molecule has 4 N–H and O–H groups in total. The van der Waals surface area contributed by atoms with Crippen LogP contribution < -0.4 is 21.3 Å². The maximum Gasteiger partial charge on any atom is 0.267 e. The Morgan fingerprint density at radius 3 is 2.66 bits per heavy atom. The first-order valence-electron chi connectivity index (χ1n) is 9.11. The highest BCUT2D eigenvalue weighted by atomic mass is 35.5. The first-order chi connectivity index (χ1) is 15.3. The summed E-state index contributed by atoms with van der Waals surface area (Å²) in [5.74, 6) is -1.03. The number of benzene rings is 2. The number of anilines is 3. The largest absolute Gasteiger partial charge is 0.375 e. The van der Waals surface area contributed by atoms with E-state index in [9.17, 15) is 13.8 Å². The van der Waals surface area contributed by atoms with Gasteiger partial charge in [0.05, 0.1) is 27.2 Å². The highest BCUT2D eigenvalue weighted by molar-refractivity contribution is 7.86. The van der Waals surface area contributed by atoms with Crippen LogP contribution in [0.2, 0.25) is 9.36 Å². The first kappa shape index (κ1) is 22.3. The number of hydrogen-bond donors (Lipinski definition) is 3. The van der Waals surface area contributed by atoms with Gasteiger partial charge in [0.2, 0.25) is 5.96 Å². The normalized spacial score (nSPS) is 15.1. The number of hydrogen-bond acceptors (Lipinski definition) is 5. The molecule has 1 aliphatic rings. The standard InChI is InChI=1S/C20H15Cl2N5O3S2/c21-13-9-11(25-20(23)26-32(30)18-8-7-16(22)31-18)5-6-15(13)27-17(28)10-24-14-4-2-1-3-12(14)19(27)29/h1-9,24H,10H2,(H3,23,25,26). The Balaban J connectivity index is 1.56. The van der Waals surface area contributed by atoms with Gasteiger partial charge in [-0.05, 0) is 42.5 Å². The number of carbonyl (C=O) groups excluding carboxylic acids is 2. The van der Waals surface area contributed by atoms with Crippen molar-refractivity contribution >= 4 is 80.4 Å². The van der Waals surface area contributed by atoms with Crippen molar-refractivity contribution in [3.8, 4) is 0 Å². The Hall–Kier alpha value is -2.92. The summed E-state index contributed by atoms with van der Waals surface area (Å²) in [7, 11) is -1.72. The topological polar surface area (TPSA) is 117 Å². The second-order valence-electron chi connectivity index (χ2n) is 6.51. The molecule has 1 aliphatic heterocycles. The molecule has 12 heteroatoms. The van der Waals surface area contributed by atoms with Crippen molar-refractivity contribution in [2.45, 2.75) is 4.21 Å². The fourth-order valence-electron chi connectivity index (χ4n) is 3.01. The number of amides is 2. The molecule has 0 bridgehead atoms. The molecular formula is C20H15Cl2N5O3S2. The van der Waals surface area contributed by atoms with Crippen molar-refractivity contribution in [1.82, 2.24) is 0 Å². The molecule has 1 aromatic heterocycles. The molecule has 0 fully saturated rings. The van der Waals surface area contributed by atoms with Gasteiger partial charge >= 0.3 is 0 Å². The van der Waals surface area contributed by atoms with E-state index in [1.165, 1.54) is 12.1 Å². The number of nitrogens with zero attached hydrogens (tertiary/aromatic N) is 2. The predicted octanol–water partition coefficient (Wildman–Crippen LogP) is 4.10. The highest BCUT2D eigenvalue weighted by Gasteiger charge is 2.30. The van der Waals surface area contributed by atoms with E-state index in [1.807, 2.05) is 0 Å². The Kier molecular flexibility index (Phi) is 6.47. The zero-order valence-corrected chi connectivity index (χ0v) is 19.3. The van der Waals surface area contributed by atoms with Crippen LogP contribution in [-0.4, -0.2) is 28.5 Å². The van der Waals surface area contributed by atoms with Crippen molar-refractivity contribution in [2.24, 2.45) is 10.1 Å². The van der Waals surface area contributed by atoms with E-state index in [0.717, 1.165) is 16.2 Å². The van der Waals surface area contributed by atoms with Crippen LogP contribution in [0.5, 0.6) is 0 Å². The number of guanidine groups is 1. The van der Waals surface area contributed by atoms with Crippen LogP contribution in [0.4, 0.5) is 17.1 Å². The molecule has 4 rings (SSSR count). The van der Waals surface area contributed by atoms with Gasteiger partial charge in [0.1, 0.15) is 4.21 Å². The van der Waals surface area contributed by atoms with Crippen molar-refractivity contribution in [3.63, 3.8) is 0 Å². The minimum Gasteiger partial charge on any atom is -0.375 e. The van der Waals surface area contributed by atoms with Crippen molar-refractivity contribution < 1.29 is 13.8 Å². The van der Waals surface area contributed by atoms with Gasteiger partial charge in [0.25, 0.3) is 11.8 Å². The molecule has 2 amide bonds. The van der Waals surface area contributed by atoms with Crippen molar-refractivity contribution in [2.75, 3.05) is 22.1 Å². The van der Waals surface area contributed by atoms with Gasteiger partial charge in [-0.25, -0.2) is 9.11 Å². The van der Waals surface area contributed by atoms with Crippen molar-refractivity contribution in [1.29, 1.82) is 0 Å². The maximum atomic E-state index is 13.0. The quantitative estimate of drug-likeness (QED) is 0.278. The number of para-hydroxylation sites is 1. The summed E-state index contributed by atoms with van der Waals surface area (Å²) in [4.78, 5) is 26.7. The lowest BCUT2D eigenvalue weighted by Gasteiger charge is -2.20. The van der Waals surface area contributed by atoms with Crippen LogP contribution in [-0.2, 0) is 15.8 Å². The molecule has 0 saturated carbocycles. The lowest BCUT2D eigenvalue weighted by Crippen LogP contribution is -2.38. The number of imide groups is 1. The fourth-order valence-corrected chi connectivity index (χ4v) is 5.36. The molecule has 0 saturated heterocycles. The average molecular weight is 508 g/mol. The lowest BCUT2D eigenvalue weighted by atomic mass is 10.1. The predicted molar refractivity (Wildman–Crippen MR) is 129 cm³/mol. The number of nitrogens with two attached hydrogens (primary N) is 1. The highest BCUT2D eigenvalue weighted by Crippen LogP contribution is 2.32. The van der Waals surface area contributed by atoms with Crippen LogP contribution in [0.15, 0.2) is 63.2 Å².